The first-order valence-corrected chi connectivity index (χ1v) is 6.01. The number of ether oxygens (including phenoxy) is 1. The Bertz CT molecular complexity index is 200. The predicted molar refractivity (Wildman–Crippen MR) is 60.3 cm³/mol. The molecule has 1 aliphatic carbocycles. The number of esters is 1. The quantitative estimate of drug-likeness (QED) is 0.687. The third-order valence-corrected chi connectivity index (χ3v) is 3.02. The standard InChI is InChI=1S/C12H23NO2/c1-9(2)8-11(13)12(14)15-7-6-10-4-3-5-10/h9-11H,3-8,13H2,1-2H3. The lowest BCUT2D eigenvalue weighted by molar-refractivity contribution is -0.146. The first-order valence-electron chi connectivity index (χ1n) is 6.01. The van der Waals surface area contributed by atoms with Crippen molar-refractivity contribution in [3.05, 3.63) is 0 Å². The van der Waals surface area contributed by atoms with E-state index in [-0.39, 0.29) is 5.97 Å². The summed E-state index contributed by atoms with van der Waals surface area (Å²) >= 11 is 0. The van der Waals surface area contributed by atoms with Gasteiger partial charge in [-0.25, -0.2) is 0 Å². The molecule has 0 aliphatic heterocycles. The summed E-state index contributed by atoms with van der Waals surface area (Å²) in [5, 5.41) is 0. The summed E-state index contributed by atoms with van der Waals surface area (Å²) in [5.74, 6) is 1.00. The molecular formula is C12H23NO2. The van der Waals surface area contributed by atoms with Crippen LogP contribution >= 0.6 is 0 Å². The van der Waals surface area contributed by atoms with E-state index in [2.05, 4.69) is 13.8 Å². The van der Waals surface area contributed by atoms with E-state index in [0.29, 0.717) is 18.9 Å². The molecule has 1 rings (SSSR count). The molecule has 1 saturated carbocycles. The minimum Gasteiger partial charge on any atom is -0.465 e. The molecule has 1 aliphatic rings. The summed E-state index contributed by atoms with van der Waals surface area (Å²) in [7, 11) is 0. The Kier molecular flexibility index (Phi) is 5.09. The van der Waals surface area contributed by atoms with Crippen LogP contribution in [-0.4, -0.2) is 18.6 Å². The average molecular weight is 213 g/mol. The third kappa shape index (κ3) is 4.65. The fourth-order valence-electron chi connectivity index (χ4n) is 1.82. The van der Waals surface area contributed by atoms with E-state index in [1.54, 1.807) is 0 Å². The second-order valence-corrected chi connectivity index (χ2v) is 4.99. The van der Waals surface area contributed by atoms with Crippen LogP contribution in [0, 0.1) is 11.8 Å². The SMILES string of the molecule is CC(C)CC(N)C(=O)OCCC1CCC1. The molecule has 1 fully saturated rings. The van der Waals surface area contributed by atoms with Gasteiger partial charge in [0.2, 0.25) is 0 Å². The fraction of sp³-hybridized carbons (Fsp3) is 0.917. The lowest BCUT2D eigenvalue weighted by Crippen LogP contribution is -2.34. The van der Waals surface area contributed by atoms with E-state index in [0.717, 1.165) is 12.3 Å². The zero-order chi connectivity index (χ0) is 11.3. The Morgan fingerprint density at radius 1 is 1.47 bits per heavy atom. The molecule has 0 radical (unpaired) electrons. The van der Waals surface area contributed by atoms with Crippen molar-refractivity contribution >= 4 is 5.97 Å². The van der Waals surface area contributed by atoms with Crippen molar-refractivity contribution in [1.82, 2.24) is 0 Å². The van der Waals surface area contributed by atoms with Crippen LogP contribution in [0.1, 0.15) is 46.0 Å². The maximum absolute atomic E-state index is 11.4. The third-order valence-electron chi connectivity index (χ3n) is 3.02. The van der Waals surface area contributed by atoms with Crippen molar-refractivity contribution in [3.63, 3.8) is 0 Å². The maximum atomic E-state index is 11.4. The molecule has 1 atom stereocenters. The first kappa shape index (κ1) is 12.5. The Balaban J connectivity index is 2.05. The summed E-state index contributed by atoms with van der Waals surface area (Å²) in [5.41, 5.74) is 5.71. The van der Waals surface area contributed by atoms with E-state index in [4.69, 9.17) is 10.5 Å². The molecule has 3 heteroatoms. The number of nitrogens with two attached hydrogens (primary N) is 1. The highest BCUT2D eigenvalue weighted by Crippen LogP contribution is 2.29. The van der Waals surface area contributed by atoms with Gasteiger partial charge in [0.1, 0.15) is 6.04 Å². The molecule has 0 aromatic carbocycles. The van der Waals surface area contributed by atoms with Crippen molar-refractivity contribution in [2.24, 2.45) is 17.6 Å². The molecule has 2 N–H and O–H groups in total. The monoisotopic (exact) mass is 213 g/mol. The van der Waals surface area contributed by atoms with Gasteiger partial charge in [0.15, 0.2) is 0 Å². The van der Waals surface area contributed by atoms with Crippen molar-refractivity contribution in [2.45, 2.75) is 52.0 Å². The minimum atomic E-state index is -0.439. The van der Waals surface area contributed by atoms with Crippen molar-refractivity contribution in [1.29, 1.82) is 0 Å². The molecule has 3 nitrogen and oxygen atoms in total. The lowest BCUT2D eigenvalue weighted by Gasteiger charge is -2.25. The Morgan fingerprint density at radius 3 is 2.60 bits per heavy atom. The van der Waals surface area contributed by atoms with Gasteiger partial charge in [-0.05, 0) is 24.7 Å². The van der Waals surface area contributed by atoms with E-state index < -0.39 is 6.04 Å². The minimum absolute atomic E-state index is 0.233. The van der Waals surface area contributed by atoms with E-state index in [1.165, 1.54) is 19.3 Å². The zero-order valence-electron chi connectivity index (χ0n) is 9.87. The van der Waals surface area contributed by atoms with Crippen molar-refractivity contribution < 1.29 is 9.53 Å². The second-order valence-electron chi connectivity index (χ2n) is 4.99. The van der Waals surface area contributed by atoms with Crippen LogP contribution in [-0.2, 0) is 9.53 Å². The molecule has 1 unspecified atom stereocenters. The number of hydrogen-bond acceptors (Lipinski definition) is 3. The normalized spacial score (nSPS) is 18.7. The topological polar surface area (TPSA) is 52.3 Å². The number of carbonyl (C=O) groups is 1. The highest BCUT2D eigenvalue weighted by Gasteiger charge is 2.19. The summed E-state index contributed by atoms with van der Waals surface area (Å²) in [6.45, 7) is 4.66. The van der Waals surface area contributed by atoms with Crippen LogP contribution in [0.2, 0.25) is 0 Å². The Hall–Kier alpha value is -0.570. The summed E-state index contributed by atoms with van der Waals surface area (Å²) < 4.78 is 5.15. The van der Waals surface area contributed by atoms with Gasteiger partial charge in [0.25, 0.3) is 0 Å². The fourth-order valence-corrected chi connectivity index (χ4v) is 1.82. The van der Waals surface area contributed by atoms with Crippen LogP contribution in [0.15, 0.2) is 0 Å². The van der Waals surface area contributed by atoms with E-state index in [9.17, 15) is 4.79 Å². The molecule has 0 amide bonds. The summed E-state index contributed by atoms with van der Waals surface area (Å²) in [6.07, 6.45) is 5.67. The van der Waals surface area contributed by atoms with Gasteiger partial charge in [-0.2, -0.15) is 0 Å². The van der Waals surface area contributed by atoms with Crippen molar-refractivity contribution in [3.8, 4) is 0 Å². The molecule has 88 valence electrons. The van der Waals surface area contributed by atoms with Crippen LogP contribution in [0.4, 0.5) is 0 Å². The van der Waals surface area contributed by atoms with Crippen LogP contribution in [0.3, 0.4) is 0 Å². The van der Waals surface area contributed by atoms with Gasteiger partial charge in [0.05, 0.1) is 6.61 Å². The second kappa shape index (κ2) is 6.11. The molecular weight excluding hydrogens is 190 g/mol. The van der Waals surface area contributed by atoms with Gasteiger partial charge < -0.3 is 10.5 Å². The van der Waals surface area contributed by atoms with E-state index >= 15 is 0 Å². The lowest BCUT2D eigenvalue weighted by atomic mass is 9.83. The van der Waals surface area contributed by atoms with Crippen LogP contribution in [0.25, 0.3) is 0 Å². The zero-order valence-corrected chi connectivity index (χ0v) is 9.87. The molecule has 0 saturated heterocycles. The number of carbonyl (C=O) groups excluding carboxylic acids is 1. The largest absolute Gasteiger partial charge is 0.465 e. The highest BCUT2D eigenvalue weighted by atomic mass is 16.5. The smallest absolute Gasteiger partial charge is 0.322 e. The molecule has 0 bridgehead atoms. The first-order chi connectivity index (χ1) is 7.09. The summed E-state index contributed by atoms with van der Waals surface area (Å²) in [4.78, 5) is 11.4. The molecule has 0 aromatic rings. The average Bonchev–Trinajstić information content (AvgIpc) is 2.07. The number of rotatable bonds is 6. The van der Waals surface area contributed by atoms with E-state index in [1.807, 2.05) is 0 Å². The predicted octanol–water partition coefficient (Wildman–Crippen LogP) is 2.09. The molecule has 0 spiro atoms. The molecule has 15 heavy (non-hydrogen) atoms. The highest BCUT2D eigenvalue weighted by molar-refractivity contribution is 5.75. The Morgan fingerprint density at radius 2 is 2.13 bits per heavy atom. The molecule has 0 aromatic heterocycles. The number of hydrogen-bond donors (Lipinski definition) is 1. The van der Waals surface area contributed by atoms with Crippen molar-refractivity contribution in [2.75, 3.05) is 6.61 Å². The van der Waals surface area contributed by atoms with Gasteiger partial charge in [-0.3, -0.25) is 4.79 Å². The van der Waals surface area contributed by atoms with Gasteiger partial charge in [0, 0.05) is 0 Å². The molecule has 0 heterocycles. The van der Waals surface area contributed by atoms with Crippen LogP contribution < -0.4 is 5.73 Å². The van der Waals surface area contributed by atoms with Gasteiger partial charge >= 0.3 is 5.97 Å². The van der Waals surface area contributed by atoms with Crippen LogP contribution in [0.5, 0.6) is 0 Å². The van der Waals surface area contributed by atoms with Gasteiger partial charge in [-0.1, -0.05) is 33.1 Å². The maximum Gasteiger partial charge on any atom is 0.322 e. The summed E-state index contributed by atoms with van der Waals surface area (Å²) in [6, 6.07) is -0.439. The van der Waals surface area contributed by atoms with Gasteiger partial charge in [-0.15, -0.1) is 0 Å². The Labute approximate surface area is 92.4 Å².